The molecule has 10 heteroatoms. The van der Waals surface area contributed by atoms with Gasteiger partial charge in [-0.3, -0.25) is 4.79 Å². The van der Waals surface area contributed by atoms with E-state index < -0.39 is 11.8 Å². The maximum atomic E-state index is 14.2. The number of nitrogens with zero attached hydrogens (tertiary/aromatic N) is 2. The number of rotatable bonds is 11. The molecule has 2 heterocycles. The third-order valence-corrected chi connectivity index (χ3v) is 6.75. The van der Waals surface area contributed by atoms with Gasteiger partial charge in [-0.15, -0.1) is 0 Å². The molecule has 1 aliphatic rings. The molecule has 0 bridgehead atoms. The predicted octanol–water partition coefficient (Wildman–Crippen LogP) is 5.42. The first-order valence-corrected chi connectivity index (χ1v) is 13.3. The molecule has 42 heavy (non-hydrogen) atoms. The Bertz CT molecular complexity index is 1650. The lowest BCUT2D eigenvalue weighted by atomic mass is 10.1. The summed E-state index contributed by atoms with van der Waals surface area (Å²) in [5.74, 6) is -1.50. The smallest absolute Gasteiger partial charge is 0.335 e. The largest absolute Gasteiger partial charge is 0.478 e. The summed E-state index contributed by atoms with van der Waals surface area (Å²) in [5.41, 5.74) is 3.91. The lowest BCUT2D eigenvalue weighted by Crippen LogP contribution is -2.33. The zero-order valence-corrected chi connectivity index (χ0v) is 22.5. The first-order chi connectivity index (χ1) is 20.4. The molecule has 1 amide bonds. The van der Waals surface area contributed by atoms with Crippen molar-refractivity contribution in [2.75, 3.05) is 23.8 Å². The van der Waals surface area contributed by atoms with Gasteiger partial charge >= 0.3 is 5.97 Å². The Hall–Kier alpha value is -5.27. The molecule has 0 saturated carbocycles. The van der Waals surface area contributed by atoms with Gasteiger partial charge in [0.25, 0.3) is 0 Å². The number of carboxylic acid groups (broad SMARTS) is 1. The molecule has 1 aromatic heterocycles. The fraction of sp³-hybridized carbons (Fsp3) is 0.188. The number of nitrogens with one attached hydrogen (secondary N) is 2. The third-order valence-electron chi connectivity index (χ3n) is 6.75. The van der Waals surface area contributed by atoms with E-state index in [1.807, 2.05) is 36.4 Å². The molecule has 1 saturated heterocycles. The van der Waals surface area contributed by atoms with E-state index in [9.17, 15) is 19.1 Å². The molecule has 0 radical (unpaired) electrons. The Labute approximate surface area is 241 Å². The van der Waals surface area contributed by atoms with E-state index in [0.29, 0.717) is 41.7 Å². The number of halogens is 1. The highest BCUT2D eigenvalue weighted by Crippen LogP contribution is 2.26. The molecule has 1 atom stereocenters. The van der Waals surface area contributed by atoms with Gasteiger partial charge in [-0.05, 0) is 48.4 Å². The van der Waals surface area contributed by atoms with Gasteiger partial charge in [-0.2, -0.15) is 5.26 Å². The average Bonchev–Trinajstić information content (AvgIpc) is 2.97. The minimum Gasteiger partial charge on any atom is -0.478 e. The van der Waals surface area contributed by atoms with Crippen LogP contribution in [0.1, 0.15) is 33.5 Å². The quantitative estimate of drug-likeness (QED) is 0.219. The van der Waals surface area contributed by atoms with Crippen LogP contribution in [0.4, 0.5) is 15.8 Å². The Balaban J connectivity index is 1.20. The summed E-state index contributed by atoms with van der Waals surface area (Å²) in [6.07, 6.45) is 1.10. The summed E-state index contributed by atoms with van der Waals surface area (Å²) in [4.78, 5) is 28.8. The molecular formula is C32H27FN4O5. The van der Waals surface area contributed by atoms with Gasteiger partial charge < -0.3 is 25.2 Å². The first kappa shape index (κ1) is 28.3. The second kappa shape index (κ2) is 12.9. The lowest BCUT2D eigenvalue weighted by molar-refractivity contribution is -0.115. The van der Waals surface area contributed by atoms with Gasteiger partial charge in [0.2, 0.25) is 11.8 Å². The van der Waals surface area contributed by atoms with E-state index in [2.05, 4.69) is 15.6 Å². The summed E-state index contributed by atoms with van der Waals surface area (Å²) in [6, 6.07) is 23.3. The highest BCUT2D eigenvalue weighted by molar-refractivity contribution is 5.97. The first-order valence-electron chi connectivity index (χ1n) is 13.3. The monoisotopic (exact) mass is 566 g/mol. The van der Waals surface area contributed by atoms with Crippen LogP contribution in [0.2, 0.25) is 0 Å². The van der Waals surface area contributed by atoms with E-state index in [1.165, 1.54) is 30.3 Å². The van der Waals surface area contributed by atoms with E-state index in [0.717, 1.165) is 17.5 Å². The van der Waals surface area contributed by atoms with Crippen molar-refractivity contribution in [2.45, 2.75) is 25.6 Å². The number of benzene rings is 3. The molecule has 0 aliphatic carbocycles. The molecule has 9 nitrogen and oxygen atoms in total. The van der Waals surface area contributed by atoms with Crippen LogP contribution < -0.4 is 15.4 Å². The maximum absolute atomic E-state index is 14.2. The molecule has 4 aromatic rings. The van der Waals surface area contributed by atoms with Crippen molar-refractivity contribution < 1.29 is 28.6 Å². The minimum atomic E-state index is -1.05. The number of ether oxygens (including phenoxy) is 2. The Morgan fingerprint density at radius 1 is 1.07 bits per heavy atom. The van der Waals surface area contributed by atoms with Crippen molar-refractivity contribution in [2.24, 2.45) is 0 Å². The van der Waals surface area contributed by atoms with E-state index in [-0.39, 0.29) is 36.2 Å². The molecular weight excluding hydrogens is 539 g/mol. The number of carbonyl (C=O) groups is 2. The number of pyridine rings is 1. The van der Waals surface area contributed by atoms with Gasteiger partial charge in [0, 0.05) is 30.3 Å². The third kappa shape index (κ3) is 7.08. The van der Waals surface area contributed by atoms with Gasteiger partial charge in [0.05, 0.1) is 46.8 Å². The maximum Gasteiger partial charge on any atom is 0.335 e. The number of hydrogen-bond donors (Lipinski definition) is 3. The van der Waals surface area contributed by atoms with Crippen molar-refractivity contribution in [3.63, 3.8) is 0 Å². The molecule has 3 N–H and O–H groups in total. The van der Waals surface area contributed by atoms with Crippen LogP contribution in [-0.4, -0.2) is 41.2 Å². The van der Waals surface area contributed by atoms with Gasteiger partial charge in [-0.25, -0.2) is 14.2 Å². The summed E-state index contributed by atoms with van der Waals surface area (Å²) >= 11 is 0. The van der Waals surface area contributed by atoms with Crippen LogP contribution in [0, 0.1) is 17.1 Å². The highest BCUT2D eigenvalue weighted by Gasteiger charge is 2.19. The van der Waals surface area contributed by atoms with E-state index in [1.54, 1.807) is 18.2 Å². The van der Waals surface area contributed by atoms with E-state index in [4.69, 9.17) is 14.7 Å². The predicted molar refractivity (Wildman–Crippen MR) is 154 cm³/mol. The number of aromatic nitrogens is 1. The number of carboxylic acids is 1. The summed E-state index contributed by atoms with van der Waals surface area (Å²) in [5, 5.41) is 24.3. The minimum absolute atomic E-state index is 0.0350. The van der Waals surface area contributed by atoms with Gasteiger partial charge in [-0.1, -0.05) is 36.4 Å². The van der Waals surface area contributed by atoms with Crippen molar-refractivity contribution in [3.8, 4) is 23.2 Å². The Kier molecular flexibility index (Phi) is 8.70. The van der Waals surface area contributed by atoms with E-state index >= 15 is 0 Å². The Morgan fingerprint density at radius 3 is 2.57 bits per heavy atom. The zero-order chi connectivity index (χ0) is 29.5. The van der Waals surface area contributed by atoms with Gasteiger partial charge in [0.1, 0.15) is 12.4 Å². The van der Waals surface area contributed by atoms with Crippen LogP contribution in [0.3, 0.4) is 0 Å². The number of carbonyl (C=O) groups excluding carboxylic acids is 1. The number of aromatic carboxylic acids is 1. The number of hydrogen-bond acceptors (Lipinski definition) is 7. The fourth-order valence-corrected chi connectivity index (χ4v) is 4.32. The molecule has 5 rings (SSSR count). The van der Waals surface area contributed by atoms with Crippen molar-refractivity contribution in [1.29, 1.82) is 5.26 Å². The molecule has 0 spiro atoms. The molecule has 212 valence electrons. The lowest BCUT2D eigenvalue weighted by Gasteiger charge is -2.27. The SMILES string of the molecule is N#Cc1ccc(COc2cccc(-c3ccc(CC(=O)Nc4ccc(C(=O)O)cc4NC[C@@H]4CCO4)cc3)n2)c(F)c1. The van der Waals surface area contributed by atoms with Crippen LogP contribution in [0.25, 0.3) is 11.3 Å². The standard InChI is InChI=1S/C32H27FN4O5/c33-26-14-21(17-34)6-9-24(26)19-42-31-3-1-2-27(37-31)22-7-4-20(5-8-22)15-30(38)36-28-11-10-23(32(39)40)16-29(28)35-18-25-12-13-41-25/h1-11,14,16,25,35H,12-13,15,18-19H2,(H,36,38)(H,39,40)/t25-/m0/s1. The molecule has 0 unspecified atom stereocenters. The van der Waals surface area contributed by atoms with Crippen LogP contribution in [0.15, 0.2) is 78.9 Å². The Morgan fingerprint density at radius 2 is 1.88 bits per heavy atom. The molecule has 1 aliphatic heterocycles. The highest BCUT2D eigenvalue weighted by atomic mass is 19.1. The molecule has 3 aromatic carbocycles. The fourth-order valence-electron chi connectivity index (χ4n) is 4.32. The van der Waals surface area contributed by atoms with Crippen molar-refractivity contribution >= 4 is 23.3 Å². The number of nitriles is 1. The summed E-state index contributed by atoms with van der Waals surface area (Å²) in [7, 11) is 0. The van der Waals surface area contributed by atoms with Crippen molar-refractivity contribution in [1.82, 2.24) is 4.98 Å². The van der Waals surface area contributed by atoms with Crippen LogP contribution in [0.5, 0.6) is 5.88 Å². The second-order valence-corrected chi connectivity index (χ2v) is 9.72. The topological polar surface area (TPSA) is 134 Å². The molecule has 1 fully saturated rings. The summed E-state index contributed by atoms with van der Waals surface area (Å²) in [6.45, 7) is 1.19. The number of amides is 1. The normalized spacial score (nSPS) is 13.9. The van der Waals surface area contributed by atoms with Crippen LogP contribution >= 0.6 is 0 Å². The second-order valence-electron chi connectivity index (χ2n) is 9.72. The number of anilines is 2. The van der Waals surface area contributed by atoms with Crippen molar-refractivity contribution in [3.05, 3.63) is 107 Å². The zero-order valence-electron chi connectivity index (χ0n) is 22.5. The average molecular weight is 567 g/mol. The summed E-state index contributed by atoms with van der Waals surface area (Å²) < 4.78 is 25.3. The van der Waals surface area contributed by atoms with Crippen LogP contribution in [-0.2, 0) is 22.6 Å². The van der Waals surface area contributed by atoms with Gasteiger partial charge in [0.15, 0.2) is 0 Å².